The highest BCUT2D eigenvalue weighted by Crippen LogP contribution is 2.26. The van der Waals surface area contributed by atoms with Crippen LogP contribution in [0.15, 0.2) is 0 Å². The van der Waals surface area contributed by atoms with Crippen LogP contribution in [0.1, 0.15) is 19.3 Å². The first-order valence-corrected chi connectivity index (χ1v) is 6.15. The van der Waals surface area contributed by atoms with Crippen LogP contribution < -0.4 is 10.6 Å². The molecular formula is C11H23N3O. The van der Waals surface area contributed by atoms with Gasteiger partial charge in [-0.25, -0.2) is 0 Å². The molecule has 0 amide bonds. The molecule has 0 radical (unpaired) electrons. The van der Waals surface area contributed by atoms with Crippen molar-refractivity contribution in [2.75, 3.05) is 45.9 Å². The number of hydrogen-bond acceptors (Lipinski definition) is 4. The van der Waals surface area contributed by atoms with E-state index in [1.165, 1.54) is 6.42 Å². The van der Waals surface area contributed by atoms with Gasteiger partial charge in [0.2, 0.25) is 0 Å². The summed E-state index contributed by atoms with van der Waals surface area (Å²) in [5, 5.41) is 16.5. The van der Waals surface area contributed by atoms with Crippen molar-refractivity contribution in [2.24, 2.45) is 0 Å². The number of nitrogens with zero attached hydrogens (tertiary/aromatic N) is 1. The maximum atomic E-state index is 9.70. The van der Waals surface area contributed by atoms with Crippen LogP contribution in [0.5, 0.6) is 0 Å². The normalized spacial score (nSPS) is 28.6. The van der Waals surface area contributed by atoms with E-state index in [2.05, 4.69) is 15.5 Å². The fourth-order valence-corrected chi connectivity index (χ4v) is 2.79. The molecule has 2 saturated heterocycles. The first-order valence-electron chi connectivity index (χ1n) is 6.15. The zero-order chi connectivity index (χ0) is 10.6. The van der Waals surface area contributed by atoms with Crippen LogP contribution in [0, 0.1) is 0 Å². The van der Waals surface area contributed by atoms with E-state index in [-0.39, 0.29) is 5.54 Å². The SMILES string of the molecule is OCC1(N2CCCNCC2)CCNCC1. The Kier molecular flexibility index (Phi) is 3.97. The molecule has 0 aromatic carbocycles. The van der Waals surface area contributed by atoms with Crippen LogP contribution >= 0.6 is 0 Å². The first kappa shape index (κ1) is 11.3. The molecule has 0 aromatic heterocycles. The quantitative estimate of drug-likeness (QED) is 0.573. The predicted octanol–water partition coefficient (Wildman–Crippen LogP) is -0.604. The highest BCUT2D eigenvalue weighted by molar-refractivity contribution is 4.95. The number of rotatable bonds is 2. The second kappa shape index (κ2) is 5.25. The van der Waals surface area contributed by atoms with E-state index in [0.29, 0.717) is 6.61 Å². The summed E-state index contributed by atoms with van der Waals surface area (Å²) in [6.07, 6.45) is 3.38. The van der Waals surface area contributed by atoms with E-state index in [9.17, 15) is 5.11 Å². The summed E-state index contributed by atoms with van der Waals surface area (Å²) in [4.78, 5) is 2.51. The molecule has 0 aliphatic carbocycles. The molecule has 3 N–H and O–H groups in total. The van der Waals surface area contributed by atoms with E-state index >= 15 is 0 Å². The van der Waals surface area contributed by atoms with E-state index < -0.39 is 0 Å². The molecule has 4 nitrogen and oxygen atoms in total. The molecule has 4 heteroatoms. The van der Waals surface area contributed by atoms with Crippen molar-refractivity contribution in [1.29, 1.82) is 0 Å². The van der Waals surface area contributed by atoms with Crippen LogP contribution in [0.3, 0.4) is 0 Å². The highest BCUT2D eigenvalue weighted by Gasteiger charge is 2.37. The number of piperidine rings is 1. The molecule has 0 aromatic rings. The molecule has 15 heavy (non-hydrogen) atoms. The molecule has 2 aliphatic heterocycles. The minimum Gasteiger partial charge on any atom is -0.394 e. The number of nitrogens with one attached hydrogen (secondary N) is 2. The van der Waals surface area contributed by atoms with Gasteiger partial charge in [-0.05, 0) is 38.9 Å². The summed E-state index contributed by atoms with van der Waals surface area (Å²) in [6, 6.07) is 0. The Labute approximate surface area is 92.0 Å². The lowest BCUT2D eigenvalue weighted by Crippen LogP contribution is -2.57. The van der Waals surface area contributed by atoms with Crippen LogP contribution in [0.4, 0.5) is 0 Å². The smallest absolute Gasteiger partial charge is 0.0616 e. The standard InChI is InChI=1S/C11H23N3O/c15-10-11(2-5-13-6-3-11)14-8-1-4-12-7-9-14/h12-13,15H,1-10H2. The van der Waals surface area contributed by atoms with Crippen molar-refractivity contribution in [2.45, 2.75) is 24.8 Å². The molecule has 88 valence electrons. The molecule has 2 rings (SSSR count). The monoisotopic (exact) mass is 213 g/mol. The zero-order valence-corrected chi connectivity index (χ0v) is 9.47. The molecule has 0 atom stereocenters. The number of aliphatic hydroxyl groups is 1. The summed E-state index contributed by atoms with van der Waals surface area (Å²) >= 11 is 0. The van der Waals surface area contributed by atoms with Gasteiger partial charge in [0.1, 0.15) is 0 Å². The lowest BCUT2D eigenvalue weighted by Gasteiger charge is -2.45. The minimum atomic E-state index is 0.0667. The molecular weight excluding hydrogens is 190 g/mol. The van der Waals surface area contributed by atoms with Gasteiger partial charge >= 0.3 is 0 Å². The van der Waals surface area contributed by atoms with E-state index in [0.717, 1.165) is 52.1 Å². The van der Waals surface area contributed by atoms with Crippen LogP contribution in [0.2, 0.25) is 0 Å². The maximum absolute atomic E-state index is 9.70. The van der Waals surface area contributed by atoms with E-state index in [1.807, 2.05) is 0 Å². The Morgan fingerprint density at radius 2 is 1.73 bits per heavy atom. The summed E-state index contributed by atoms with van der Waals surface area (Å²) in [5.74, 6) is 0. The Balaban J connectivity index is 2.01. The van der Waals surface area contributed by atoms with Gasteiger partial charge in [-0.1, -0.05) is 0 Å². The number of hydrogen-bond donors (Lipinski definition) is 3. The van der Waals surface area contributed by atoms with Gasteiger partial charge in [0, 0.05) is 25.2 Å². The molecule has 0 saturated carbocycles. The third kappa shape index (κ3) is 2.50. The van der Waals surface area contributed by atoms with E-state index in [4.69, 9.17) is 0 Å². The van der Waals surface area contributed by atoms with Gasteiger partial charge in [-0.2, -0.15) is 0 Å². The largest absolute Gasteiger partial charge is 0.394 e. The number of aliphatic hydroxyl groups excluding tert-OH is 1. The third-order valence-electron chi connectivity index (χ3n) is 3.84. The van der Waals surface area contributed by atoms with Crippen LogP contribution in [0.25, 0.3) is 0 Å². The molecule has 0 unspecified atom stereocenters. The van der Waals surface area contributed by atoms with Crippen molar-refractivity contribution in [3.63, 3.8) is 0 Å². The van der Waals surface area contributed by atoms with Crippen LogP contribution in [-0.4, -0.2) is 61.4 Å². The topological polar surface area (TPSA) is 47.5 Å². The fraction of sp³-hybridized carbons (Fsp3) is 1.00. The molecule has 2 heterocycles. The second-order valence-electron chi connectivity index (χ2n) is 4.72. The van der Waals surface area contributed by atoms with Crippen molar-refractivity contribution in [1.82, 2.24) is 15.5 Å². The van der Waals surface area contributed by atoms with Gasteiger partial charge in [-0.3, -0.25) is 4.90 Å². The molecule has 2 aliphatic rings. The van der Waals surface area contributed by atoms with Crippen molar-refractivity contribution >= 4 is 0 Å². The van der Waals surface area contributed by atoms with Gasteiger partial charge in [0.25, 0.3) is 0 Å². The minimum absolute atomic E-state index is 0.0667. The summed E-state index contributed by atoms with van der Waals surface area (Å²) in [6.45, 7) is 6.81. The van der Waals surface area contributed by atoms with Gasteiger partial charge < -0.3 is 15.7 Å². The summed E-state index contributed by atoms with van der Waals surface area (Å²) in [5.41, 5.74) is 0.0667. The van der Waals surface area contributed by atoms with Crippen molar-refractivity contribution in [3.8, 4) is 0 Å². The predicted molar refractivity (Wildman–Crippen MR) is 61.0 cm³/mol. The van der Waals surface area contributed by atoms with Crippen molar-refractivity contribution in [3.05, 3.63) is 0 Å². The Morgan fingerprint density at radius 1 is 1.00 bits per heavy atom. The van der Waals surface area contributed by atoms with Gasteiger partial charge in [0.15, 0.2) is 0 Å². The molecule has 0 spiro atoms. The first-order chi connectivity index (χ1) is 7.37. The zero-order valence-electron chi connectivity index (χ0n) is 9.47. The third-order valence-corrected chi connectivity index (χ3v) is 3.84. The van der Waals surface area contributed by atoms with Crippen LogP contribution in [-0.2, 0) is 0 Å². The average molecular weight is 213 g/mol. The maximum Gasteiger partial charge on any atom is 0.0616 e. The molecule has 2 fully saturated rings. The second-order valence-corrected chi connectivity index (χ2v) is 4.72. The highest BCUT2D eigenvalue weighted by atomic mass is 16.3. The Morgan fingerprint density at radius 3 is 2.47 bits per heavy atom. The Hall–Kier alpha value is -0.160. The van der Waals surface area contributed by atoms with E-state index in [1.54, 1.807) is 0 Å². The van der Waals surface area contributed by atoms with Crippen molar-refractivity contribution < 1.29 is 5.11 Å². The lowest BCUT2D eigenvalue weighted by molar-refractivity contribution is 0.00980. The van der Waals surface area contributed by atoms with Gasteiger partial charge in [-0.15, -0.1) is 0 Å². The summed E-state index contributed by atoms with van der Waals surface area (Å²) in [7, 11) is 0. The lowest BCUT2D eigenvalue weighted by atomic mass is 9.87. The van der Waals surface area contributed by atoms with Gasteiger partial charge in [0.05, 0.1) is 6.61 Å². The molecule has 0 bridgehead atoms. The Bertz CT molecular complexity index is 184. The summed E-state index contributed by atoms with van der Waals surface area (Å²) < 4.78 is 0. The average Bonchev–Trinajstić information content (AvgIpc) is 2.59. The fourth-order valence-electron chi connectivity index (χ4n) is 2.79.